The second kappa shape index (κ2) is 7.93. The number of methoxy groups -OCH3 is 1. The molecule has 1 N–H and O–H groups in total. The number of hydrogen-bond donors (Lipinski definition) is 1. The minimum atomic E-state index is -1.69. The van der Waals surface area contributed by atoms with Gasteiger partial charge >= 0.3 is 11.9 Å². The molecule has 0 spiro atoms. The minimum absolute atomic E-state index is 0.228. The van der Waals surface area contributed by atoms with Crippen molar-refractivity contribution in [3.63, 3.8) is 0 Å². The number of carboxylic acids is 1. The molecule has 0 fully saturated rings. The number of aliphatic carboxylic acids is 1. The molecule has 1 heterocycles. The standard InChI is InChI=1S/C15H23NO5/c1-4-7-11(8-5-2)21-14(19)15(20-3)9-6-10-16-12(15)13(17)18/h6,9-12H,4-5,7-8H2,1-3H3,(H,17,18). The number of hydrogen-bond acceptors (Lipinski definition) is 5. The molecule has 0 aliphatic carbocycles. The number of aliphatic imine (C=N–C) groups is 1. The maximum atomic E-state index is 12.5. The van der Waals surface area contributed by atoms with E-state index in [1.54, 1.807) is 0 Å². The predicted molar refractivity (Wildman–Crippen MR) is 78.5 cm³/mol. The number of ether oxygens (including phenoxy) is 2. The van der Waals surface area contributed by atoms with Gasteiger partial charge in [-0.1, -0.05) is 26.7 Å². The Kier molecular flexibility index (Phi) is 6.55. The Bertz CT molecular complexity index is 426. The van der Waals surface area contributed by atoms with E-state index in [0.717, 1.165) is 25.7 Å². The van der Waals surface area contributed by atoms with Crippen LogP contribution in [0.2, 0.25) is 0 Å². The van der Waals surface area contributed by atoms with Crippen LogP contribution < -0.4 is 0 Å². The fourth-order valence-electron chi connectivity index (χ4n) is 2.36. The maximum Gasteiger partial charge on any atom is 0.345 e. The molecule has 6 nitrogen and oxygen atoms in total. The van der Waals surface area contributed by atoms with Crippen molar-refractivity contribution >= 4 is 18.2 Å². The van der Waals surface area contributed by atoms with E-state index in [1.165, 1.54) is 25.5 Å². The predicted octanol–water partition coefficient (Wildman–Crippen LogP) is 1.98. The first kappa shape index (κ1) is 17.4. The summed E-state index contributed by atoms with van der Waals surface area (Å²) in [4.78, 5) is 27.7. The van der Waals surface area contributed by atoms with Crippen LogP contribution in [0.5, 0.6) is 0 Å². The molecular weight excluding hydrogens is 274 g/mol. The van der Waals surface area contributed by atoms with E-state index >= 15 is 0 Å². The number of dihydropyridines is 1. The average molecular weight is 297 g/mol. The van der Waals surface area contributed by atoms with E-state index in [1.807, 2.05) is 13.8 Å². The molecule has 1 aliphatic heterocycles. The second-order valence-electron chi connectivity index (χ2n) is 5.00. The zero-order valence-corrected chi connectivity index (χ0v) is 12.7. The highest BCUT2D eigenvalue weighted by Crippen LogP contribution is 2.27. The third-order valence-corrected chi connectivity index (χ3v) is 3.46. The van der Waals surface area contributed by atoms with E-state index in [9.17, 15) is 14.7 Å². The molecule has 2 unspecified atom stereocenters. The van der Waals surface area contributed by atoms with Gasteiger partial charge in [0.05, 0.1) is 0 Å². The second-order valence-corrected chi connectivity index (χ2v) is 5.00. The lowest BCUT2D eigenvalue weighted by atomic mass is 9.91. The van der Waals surface area contributed by atoms with Gasteiger partial charge in [-0.05, 0) is 25.0 Å². The minimum Gasteiger partial charge on any atom is -0.480 e. The molecule has 0 bridgehead atoms. The first-order chi connectivity index (χ1) is 10.0. The summed E-state index contributed by atoms with van der Waals surface area (Å²) >= 11 is 0. The summed E-state index contributed by atoms with van der Waals surface area (Å²) in [6.45, 7) is 4.01. The van der Waals surface area contributed by atoms with Crippen molar-refractivity contribution in [3.8, 4) is 0 Å². The summed E-state index contributed by atoms with van der Waals surface area (Å²) in [6.07, 6.45) is 7.26. The van der Waals surface area contributed by atoms with Crippen LogP contribution in [0.3, 0.4) is 0 Å². The first-order valence-electron chi connectivity index (χ1n) is 7.21. The van der Waals surface area contributed by atoms with Crippen LogP contribution in [0, 0.1) is 0 Å². The van der Waals surface area contributed by atoms with Gasteiger partial charge in [0.1, 0.15) is 6.10 Å². The van der Waals surface area contributed by atoms with Crippen molar-refractivity contribution in [1.29, 1.82) is 0 Å². The Hall–Kier alpha value is -1.69. The molecule has 2 atom stereocenters. The van der Waals surface area contributed by atoms with Gasteiger partial charge in [-0.3, -0.25) is 4.99 Å². The maximum absolute atomic E-state index is 12.5. The molecule has 118 valence electrons. The van der Waals surface area contributed by atoms with Gasteiger partial charge in [0.2, 0.25) is 5.60 Å². The van der Waals surface area contributed by atoms with Crippen molar-refractivity contribution in [1.82, 2.24) is 0 Å². The van der Waals surface area contributed by atoms with E-state index < -0.39 is 23.6 Å². The molecule has 21 heavy (non-hydrogen) atoms. The largest absolute Gasteiger partial charge is 0.480 e. The zero-order chi connectivity index (χ0) is 15.9. The highest BCUT2D eigenvalue weighted by molar-refractivity contribution is 5.95. The van der Waals surface area contributed by atoms with Crippen LogP contribution in [0.4, 0.5) is 0 Å². The van der Waals surface area contributed by atoms with Gasteiger partial charge in [0.25, 0.3) is 0 Å². The van der Waals surface area contributed by atoms with Gasteiger partial charge in [-0.25, -0.2) is 9.59 Å². The Morgan fingerprint density at radius 3 is 2.43 bits per heavy atom. The summed E-state index contributed by atoms with van der Waals surface area (Å²) in [5.74, 6) is -1.92. The Morgan fingerprint density at radius 2 is 1.95 bits per heavy atom. The molecule has 0 saturated carbocycles. The Morgan fingerprint density at radius 1 is 1.33 bits per heavy atom. The lowest BCUT2D eigenvalue weighted by Crippen LogP contribution is -2.55. The SMILES string of the molecule is CCCC(CCC)OC(=O)C1(OC)C=CC=NC1C(=O)O. The summed E-state index contributed by atoms with van der Waals surface area (Å²) in [5, 5.41) is 9.26. The van der Waals surface area contributed by atoms with Crippen molar-refractivity contribution < 1.29 is 24.2 Å². The normalized spacial score (nSPS) is 24.3. The Labute approximate surface area is 124 Å². The fraction of sp³-hybridized carbons (Fsp3) is 0.667. The van der Waals surface area contributed by atoms with E-state index in [4.69, 9.17) is 9.47 Å². The number of allylic oxidation sites excluding steroid dienone is 1. The molecule has 1 rings (SSSR count). The van der Waals surface area contributed by atoms with Crippen LogP contribution >= 0.6 is 0 Å². The fourth-order valence-corrected chi connectivity index (χ4v) is 2.36. The smallest absolute Gasteiger partial charge is 0.345 e. The van der Waals surface area contributed by atoms with Crippen molar-refractivity contribution in [2.75, 3.05) is 7.11 Å². The van der Waals surface area contributed by atoms with E-state index in [2.05, 4.69) is 4.99 Å². The molecule has 6 heteroatoms. The van der Waals surface area contributed by atoms with Crippen LogP contribution in [0.15, 0.2) is 17.1 Å². The molecule has 0 aromatic rings. The van der Waals surface area contributed by atoms with Crippen molar-refractivity contribution in [2.45, 2.75) is 57.3 Å². The van der Waals surface area contributed by atoms with E-state index in [-0.39, 0.29) is 6.10 Å². The summed E-state index contributed by atoms with van der Waals surface area (Å²) in [6, 6.07) is -1.33. The lowest BCUT2D eigenvalue weighted by molar-refractivity contribution is -0.176. The molecule has 0 radical (unpaired) electrons. The summed E-state index contributed by atoms with van der Waals surface area (Å²) < 4.78 is 10.7. The molecular formula is C15H23NO5. The van der Waals surface area contributed by atoms with Crippen LogP contribution in [-0.4, -0.2) is 48.1 Å². The van der Waals surface area contributed by atoms with Gasteiger partial charge < -0.3 is 14.6 Å². The molecule has 0 aromatic carbocycles. The van der Waals surface area contributed by atoms with Gasteiger partial charge in [0.15, 0.2) is 6.04 Å². The van der Waals surface area contributed by atoms with Gasteiger partial charge in [0, 0.05) is 13.3 Å². The van der Waals surface area contributed by atoms with Gasteiger partial charge in [-0.2, -0.15) is 0 Å². The molecule has 1 aliphatic rings. The monoisotopic (exact) mass is 297 g/mol. The van der Waals surface area contributed by atoms with Crippen molar-refractivity contribution in [3.05, 3.63) is 12.2 Å². The average Bonchev–Trinajstić information content (AvgIpc) is 2.47. The zero-order valence-electron chi connectivity index (χ0n) is 12.7. The van der Waals surface area contributed by atoms with Crippen LogP contribution in [0.1, 0.15) is 39.5 Å². The number of carbonyl (C=O) groups is 2. The molecule has 0 amide bonds. The molecule has 0 aromatic heterocycles. The van der Waals surface area contributed by atoms with Gasteiger partial charge in [-0.15, -0.1) is 0 Å². The van der Waals surface area contributed by atoms with Crippen LogP contribution in [0.25, 0.3) is 0 Å². The lowest BCUT2D eigenvalue weighted by Gasteiger charge is -2.33. The topological polar surface area (TPSA) is 85.2 Å². The first-order valence-corrected chi connectivity index (χ1v) is 7.21. The third-order valence-electron chi connectivity index (χ3n) is 3.46. The van der Waals surface area contributed by atoms with Crippen molar-refractivity contribution in [2.24, 2.45) is 4.99 Å². The number of esters is 1. The number of rotatable bonds is 8. The summed E-state index contributed by atoms with van der Waals surface area (Å²) in [5.41, 5.74) is -1.69. The van der Waals surface area contributed by atoms with E-state index in [0.29, 0.717) is 0 Å². The third kappa shape index (κ3) is 3.91. The quantitative estimate of drug-likeness (QED) is 0.692. The van der Waals surface area contributed by atoms with Crippen LogP contribution in [-0.2, 0) is 19.1 Å². The number of carboxylic acid groups (broad SMARTS) is 1. The highest BCUT2D eigenvalue weighted by Gasteiger charge is 2.51. The number of carbonyl (C=O) groups excluding carboxylic acids is 1. The Balaban J connectivity index is 2.95. The highest BCUT2D eigenvalue weighted by atomic mass is 16.6. The summed E-state index contributed by atoms with van der Waals surface area (Å²) in [7, 11) is 1.29. The number of nitrogens with zero attached hydrogens (tertiary/aromatic N) is 1. The molecule has 0 saturated heterocycles.